The van der Waals surface area contributed by atoms with Crippen LogP contribution in [0.2, 0.25) is 0 Å². The lowest BCUT2D eigenvalue weighted by molar-refractivity contribution is -0.0105. The van der Waals surface area contributed by atoms with Gasteiger partial charge in [0.1, 0.15) is 0 Å². The Morgan fingerprint density at radius 3 is 2.41 bits per heavy atom. The van der Waals surface area contributed by atoms with Crippen LogP contribution in [0.25, 0.3) is 0 Å². The highest BCUT2D eigenvalue weighted by molar-refractivity contribution is 5.85. The van der Waals surface area contributed by atoms with Crippen LogP contribution in [-0.2, 0) is 4.74 Å². The monoisotopic (exact) mass is 331 g/mol. The Hall–Kier alpha value is 0.170. The van der Waals surface area contributed by atoms with Gasteiger partial charge in [-0.25, -0.2) is 0 Å². The smallest absolute Gasteiger partial charge is 0.0900 e. The van der Waals surface area contributed by atoms with E-state index in [-0.39, 0.29) is 18.5 Å². The molecule has 22 heavy (non-hydrogen) atoms. The first-order valence-electron chi connectivity index (χ1n) is 9.08. The predicted molar refractivity (Wildman–Crippen MR) is 92.4 cm³/mol. The number of aliphatic hydroxyl groups is 1. The Morgan fingerprint density at radius 1 is 1.09 bits per heavy atom. The second-order valence-corrected chi connectivity index (χ2v) is 8.29. The molecule has 4 heteroatoms. The number of aliphatic hydroxyl groups excluding tert-OH is 1. The largest absolute Gasteiger partial charge is 0.389 e. The van der Waals surface area contributed by atoms with Crippen LogP contribution < -0.4 is 0 Å². The summed E-state index contributed by atoms with van der Waals surface area (Å²) in [4.78, 5) is 2.42. The van der Waals surface area contributed by atoms with Crippen molar-refractivity contribution < 1.29 is 9.84 Å². The average molecular weight is 332 g/mol. The molecule has 6 atom stereocenters. The van der Waals surface area contributed by atoms with Crippen LogP contribution in [-0.4, -0.2) is 49.0 Å². The molecule has 3 rings (SSSR count). The van der Waals surface area contributed by atoms with Crippen molar-refractivity contribution in [1.29, 1.82) is 0 Å². The van der Waals surface area contributed by atoms with Gasteiger partial charge in [-0.1, -0.05) is 20.3 Å². The van der Waals surface area contributed by atoms with Crippen LogP contribution in [0.1, 0.15) is 46.0 Å². The fraction of sp³-hybridized carbons (Fsp3) is 1.00. The number of halogens is 1. The Balaban J connectivity index is 0.00000176. The zero-order chi connectivity index (χ0) is 14.8. The molecule has 0 radical (unpaired) electrons. The van der Waals surface area contributed by atoms with Gasteiger partial charge in [0.2, 0.25) is 0 Å². The number of β-amino-alcohol motifs (C(OH)–C–C–N with tert-alkyl or cyclic N) is 1. The molecular weight excluding hydrogens is 298 g/mol. The molecule has 1 heterocycles. The number of rotatable bonds is 6. The standard InChI is InChI=1S/C18H33NO2.ClH/c1-13-5-14(2)9-19(8-13)10-18(20)12-21-11-17-7-15-3-4-16(17)6-15;/h13-18,20H,3-12H2,1-2H3;1H. The fourth-order valence-corrected chi connectivity index (χ4v) is 5.23. The highest BCUT2D eigenvalue weighted by Gasteiger charge is 2.39. The molecule has 1 aliphatic heterocycles. The lowest BCUT2D eigenvalue weighted by atomic mass is 9.89. The van der Waals surface area contributed by atoms with Gasteiger partial charge in [0.15, 0.2) is 0 Å². The van der Waals surface area contributed by atoms with E-state index in [2.05, 4.69) is 18.7 Å². The normalized spacial score (nSPS) is 39.7. The Labute approximate surface area is 142 Å². The van der Waals surface area contributed by atoms with Gasteiger partial charge in [0.25, 0.3) is 0 Å². The van der Waals surface area contributed by atoms with Crippen molar-refractivity contribution in [3.63, 3.8) is 0 Å². The van der Waals surface area contributed by atoms with Gasteiger partial charge in [0.05, 0.1) is 12.7 Å². The lowest BCUT2D eigenvalue weighted by Crippen LogP contribution is -2.43. The van der Waals surface area contributed by atoms with Gasteiger partial charge < -0.3 is 14.7 Å². The second kappa shape index (κ2) is 8.32. The van der Waals surface area contributed by atoms with E-state index >= 15 is 0 Å². The fourth-order valence-electron chi connectivity index (χ4n) is 5.23. The number of piperidine rings is 1. The van der Waals surface area contributed by atoms with E-state index in [1.54, 1.807) is 0 Å². The molecule has 6 unspecified atom stereocenters. The summed E-state index contributed by atoms with van der Waals surface area (Å²) in [6.45, 7) is 9.09. The summed E-state index contributed by atoms with van der Waals surface area (Å²) in [6, 6.07) is 0. The van der Waals surface area contributed by atoms with Crippen molar-refractivity contribution in [2.75, 3.05) is 32.8 Å². The summed E-state index contributed by atoms with van der Waals surface area (Å²) in [5.74, 6) is 4.22. The SMILES string of the molecule is CC1CC(C)CN(CC(O)COCC2CC3CCC2C3)C1.Cl. The predicted octanol–water partition coefficient (Wildman–Crippen LogP) is 3.20. The Bertz CT molecular complexity index is 331. The number of ether oxygens (including phenoxy) is 1. The second-order valence-electron chi connectivity index (χ2n) is 8.29. The molecular formula is C18H34ClNO2. The summed E-state index contributed by atoms with van der Waals surface area (Å²) in [5, 5.41) is 10.2. The highest BCUT2D eigenvalue weighted by Crippen LogP contribution is 2.48. The van der Waals surface area contributed by atoms with E-state index in [4.69, 9.17) is 4.74 Å². The van der Waals surface area contributed by atoms with E-state index in [9.17, 15) is 5.11 Å². The minimum Gasteiger partial charge on any atom is -0.389 e. The van der Waals surface area contributed by atoms with Crippen molar-refractivity contribution in [2.24, 2.45) is 29.6 Å². The molecule has 3 fully saturated rings. The van der Waals surface area contributed by atoms with Crippen LogP contribution in [0.15, 0.2) is 0 Å². The van der Waals surface area contributed by atoms with Crippen molar-refractivity contribution in [3.05, 3.63) is 0 Å². The highest BCUT2D eigenvalue weighted by atomic mass is 35.5. The quantitative estimate of drug-likeness (QED) is 0.811. The van der Waals surface area contributed by atoms with Crippen LogP contribution in [0, 0.1) is 29.6 Å². The van der Waals surface area contributed by atoms with Crippen LogP contribution in [0.3, 0.4) is 0 Å². The average Bonchev–Trinajstić information content (AvgIpc) is 2.99. The molecule has 3 nitrogen and oxygen atoms in total. The van der Waals surface area contributed by atoms with E-state index < -0.39 is 0 Å². The molecule has 1 N–H and O–H groups in total. The summed E-state index contributed by atoms with van der Waals surface area (Å²) in [5.41, 5.74) is 0. The molecule has 2 aliphatic carbocycles. The number of nitrogens with zero attached hydrogens (tertiary/aromatic N) is 1. The van der Waals surface area contributed by atoms with Gasteiger partial charge in [-0.2, -0.15) is 0 Å². The van der Waals surface area contributed by atoms with Gasteiger partial charge in [-0.3, -0.25) is 0 Å². The summed E-state index contributed by atoms with van der Waals surface area (Å²) >= 11 is 0. The van der Waals surface area contributed by atoms with Gasteiger partial charge >= 0.3 is 0 Å². The molecule has 2 saturated carbocycles. The molecule has 2 bridgehead atoms. The maximum Gasteiger partial charge on any atom is 0.0900 e. The third-order valence-corrected chi connectivity index (χ3v) is 5.94. The Kier molecular flexibility index (Phi) is 7.00. The van der Waals surface area contributed by atoms with Crippen molar-refractivity contribution in [1.82, 2.24) is 4.90 Å². The van der Waals surface area contributed by atoms with Gasteiger partial charge in [-0.15, -0.1) is 12.4 Å². The molecule has 3 aliphatic rings. The number of hydrogen-bond donors (Lipinski definition) is 1. The lowest BCUT2D eigenvalue weighted by Gasteiger charge is -2.36. The molecule has 0 amide bonds. The first-order valence-corrected chi connectivity index (χ1v) is 9.08. The summed E-state index contributed by atoms with van der Waals surface area (Å²) in [7, 11) is 0. The molecule has 0 aromatic rings. The summed E-state index contributed by atoms with van der Waals surface area (Å²) < 4.78 is 5.85. The zero-order valence-electron chi connectivity index (χ0n) is 14.2. The van der Waals surface area contributed by atoms with Crippen LogP contribution >= 0.6 is 12.4 Å². The van der Waals surface area contributed by atoms with Crippen molar-refractivity contribution >= 4 is 12.4 Å². The minimum atomic E-state index is -0.318. The number of hydrogen-bond acceptors (Lipinski definition) is 3. The van der Waals surface area contributed by atoms with E-state index in [1.165, 1.54) is 32.1 Å². The first kappa shape index (κ1) is 18.5. The molecule has 0 aromatic carbocycles. The third kappa shape index (κ3) is 4.83. The van der Waals surface area contributed by atoms with Crippen LogP contribution in [0.4, 0.5) is 0 Å². The first-order chi connectivity index (χ1) is 10.1. The molecule has 1 saturated heterocycles. The van der Waals surface area contributed by atoms with Gasteiger partial charge in [0, 0.05) is 26.2 Å². The van der Waals surface area contributed by atoms with Crippen molar-refractivity contribution in [3.8, 4) is 0 Å². The van der Waals surface area contributed by atoms with E-state index in [0.717, 1.165) is 55.8 Å². The minimum absolute atomic E-state index is 0. The molecule has 0 spiro atoms. The molecule has 130 valence electrons. The van der Waals surface area contributed by atoms with Crippen molar-refractivity contribution in [2.45, 2.75) is 52.1 Å². The maximum atomic E-state index is 10.2. The van der Waals surface area contributed by atoms with E-state index in [1.807, 2.05) is 0 Å². The van der Waals surface area contributed by atoms with Crippen LogP contribution in [0.5, 0.6) is 0 Å². The third-order valence-electron chi connectivity index (χ3n) is 5.94. The Morgan fingerprint density at radius 2 is 1.82 bits per heavy atom. The van der Waals surface area contributed by atoms with E-state index in [0.29, 0.717) is 6.61 Å². The topological polar surface area (TPSA) is 32.7 Å². The number of fused-ring (bicyclic) bond motifs is 2. The zero-order valence-corrected chi connectivity index (χ0v) is 15.1. The van der Waals surface area contributed by atoms with Gasteiger partial charge in [-0.05, 0) is 55.3 Å². The summed E-state index contributed by atoms with van der Waals surface area (Å²) in [6.07, 6.45) is 6.70. The maximum absolute atomic E-state index is 10.2. The number of likely N-dealkylation sites (tertiary alicyclic amines) is 1. The molecule has 0 aromatic heterocycles.